The van der Waals surface area contributed by atoms with Crippen molar-refractivity contribution in [3.8, 4) is 0 Å². The van der Waals surface area contributed by atoms with Crippen LogP contribution in [-0.4, -0.2) is 31.0 Å². The number of halogens is 2. The van der Waals surface area contributed by atoms with Gasteiger partial charge in [-0.25, -0.2) is 8.78 Å². The van der Waals surface area contributed by atoms with Crippen LogP contribution in [0.1, 0.15) is 6.92 Å². The number of hydrogen-bond acceptors (Lipinski definition) is 1. The number of hydrogen-bond donors (Lipinski definition) is 0. The normalized spacial score (nSPS) is 43.1. The van der Waals surface area contributed by atoms with Crippen molar-refractivity contribution in [2.75, 3.05) is 19.6 Å². The maximum atomic E-state index is 11.9. The van der Waals surface area contributed by atoms with Crippen molar-refractivity contribution in [2.45, 2.75) is 13.3 Å². The highest BCUT2D eigenvalue weighted by atomic mass is 19.3. The van der Waals surface area contributed by atoms with Gasteiger partial charge in [0.1, 0.15) is 0 Å². The van der Waals surface area contributed by atoms with E-state index in [0.29, 0.717) is 0 Å². The van der Waals surface area contributed by atoms with Crippen molar-refractivity contribution in [3.05, 3.63) is 0 Å². The Morgan fingerprint density at radius 2 is 1.91 bits per heavy atom. The molecule has 2 atom stereocenters. The van der Waals surface area contributed by atoms with E-state index in [1.807, 2.05) is 4.90 Å². The van der Waals surface area contributed by atoms with Gasteiger partial charge in [0.2, 0.25) is 0 Å². The summed E-state index contributed by atoms with van der Waals surface area (Å²) in [6.45, 7) is 4.03. The van der Waals surface area contributed by atoms with Gasteiger partial charge in [0.05, 0.1) is 6.54 Å². The molecule has 64 valence electrons. The van der Waals surface area contributed by atoms with Crippen LogP contribution >= 0.6 is 0 Å². The average Bonchev–Trinajstić information content (AvgIpc) is 2.44. The molecule has 2 rings (SSSR count). The summed E-state index contributed by atoms with van der Waals surface area (Å²) >= 11 is 0. The van der Waals surface area contributed by atoms with Crippen LogP contribution in [0, 0.1) is 17.8 Å². The molecule has 1 saturated heterocycles. The zero-order chi connectivity index (χ0) is 8.01. The highest BCUT2D eigenvalue weighted by Crippen LogP contribution is 2.51. The molecule has 2 aliphatic rings. The molecule has 1 heterocycles. The van der Waals surface area contributed by atoms with Crippen LogP contribution in [0.3, 0.4) is 0 Å². The van der Waals surface area contributed by atoms with Gasteiger partial charge in [-0.3, -0.25) is 4.90 Å². The van der Waals surface area contributed by atoms with Crippen LogP contribution in [0.4, 0.5) is 8.78 Å². The van der Waals surface area contributed by atoms with Crippen molar-refractivity contribution in [1.82, 2.24) is 4.90 Å². The van der Waals surface area contributed by atoms with Crippen molar-refractivity contribution >= 4 is 0 Å². The first-order valence-corrected chi connectivity index (χ1v) is 4.19. The van der Waals surface area contributed by atoms with E-state index < -0.39 is 6.43 Å². The molecule has 0 spiro atoms. The molecule has 1 nitrogen and oxygen atoms in total. The number of fused-ring (bicyclic) bond motifs is 1. The predicted octanol–water partition coefficient (Wildman–Crippen LogP) is 1.45. The van der Waals surface area contributed by atoms with E-state index in [2.05, 4.69) is 6.92 Å². The first-order valence-electron chi connectivity index (χ1n) is 4.19. The lowest BCUT2D eigenvalue weighted by Gasteiger charge is -2.17. The van der Waals surface area contributed by atoms with Gasteiger partial charge in [0, 0.05) is 13.1 Å². The van der Waals surface area contributed by atoms with Gasteiger partial charge in [0.25, 0.3) is 6.43 Å². The van der Waals surface area contributed by atoms with Crippen LogP contribution in [0.15, 0.2) is 0 Å². The quantitative estimate of drug-likeness (QED) is 0.592. The zero-order valence-electron chi connectivity index (χ0n) is 6.63. The molecule has 0 aromatic heterocycles. The van der Waals surface area contributed by atoms with E-state index in [1.54, 1.807) is 0 Å². The van der Waals surface area contributed by atoms with Crippen LogP contribution < -0.4 is 0 Å². The van der Waals surface area contributed by atoms with Crippen LogP contribution in [-0.2, 0) is 0 Å². The van der Waals surface area contributed by atoms with Crippen molar-refractivity contribution in [1.29, 1.82) is 0 Å². The Morgan fingerprint density at radius 1 is 1.36 bits per heavy atom. The third-order valence-electron chi connectivity index (χ3n) is 3.09. The Morgan fingerprint density at radius 3 is 2.36 bits per heavy atom. The fourth-order valence-corrected chi connectivity index (χ4v) is 2.26. The molecule has 0 aromatic carbocycles. The predicted molar refractivity (Wildman–Crippen MR) is 38.6 cm³/mol. The Balaban J connectivity index is 1.77. The Hall–Kier alpha value is -0.180. The van der Waals surface area contributed by atoms with E-state index in [4.69, 9.17) is 0 Å². The fraction of sp³-hybridized carbons (Fsp3) is 1.00. The Labute approximate surface area is 65.4 Å². The van der Waals surface area contributed by atoms with E-state index >= 15 is 0 Å². The highest BCUT2D eigenvalue weighted by Gasteiger charge is 2.52. The van der Waals surface area contributed by atoms with Crippen LogP contribution in [0.2, 0.25) is 0 Å². The summed E-state index contributed by atoms with van der Waals surface area (Å²) in [6, 6.07) is 0. The summed E-state index contributed by atoms with van der Waals surface area (Å²) in [5, 5.41) is 0. The van der Waals surface area contributed by atoms with Crippen LogP contribution in [0.25, 0.3) is 0 Å². The van der Waals surface area contributed by atoms with Crippen molar-refractivity contribution in [2.24, 2.45) is 17.8 Å². The van der Waals surface area contributed by atoms with Gasteiger partial charge in [-0.15, -0.1) is 0 Å². The minimum atomic E-state index is -2.15. The maximum absolute atomic E-state index is 11.9. The summed E-state index contributed by atoms with van der Waals surface area (Å²) in [5.41, 5.74) is 0. The van der Waals surface area contributed by atoms with Crippen molar-refractivity contribution in [3.63, 3.8) is 0 Å². The molecule has 0 radical (unpaired) electrons. The fourth-order valence-electron chi connectivity index (χ4n) is 2.26. The maximum Gasteiger partial charge on any atom is 0.251 e. The molecule has 0 aromatic rings. The molecule has 0 amide bonds. The second-order valence-electron chi connectivity index (χ2n) is 3.80. The van der Waals surface area contributed by atoms with Gasteiger partial charge in [0.15, 0.2) is 0 Å². The molecule has 0 bridgehead atoms. The number of rotatable bonds is 2. The number of piperidine rings is 1. The molecule has 3 heteroatoms. The number of likely N-dealkylation sites (tertiary alicyclic amines) is 1. The molecular weight excluding hydrogens is 148 g/mol. The number of alkyl halides is 2. The SMILES string of the molecule is CC1C2CN(CC(F)F)CC12. The van der Waals surface area contributed by atoms with E-state index in [-0.39, 0.29) is 6.54 Å². The standard InChI is InChI=1S/C8H13F2N/c1-5-6-2-11(3-7(5)6)4-8(9)10/h5-8H,2-4H2,1H3. The summed E-state index contributed by atoms with van der Waals surface area (Å²) < 4.78 is 23.8. The molecule has 1 aliphatic heterocycles. The van der Waals surface area contributed by atoms with Gasteiger partial charge in [-0.2, -0.15) is 0 Å². The van der Waals surface area contributed by atoms with E-state index in [0.717, 1.165) is 30.8 Å². The molecular formula is C8H13F2N. The highest BCUT2D eigenvalue weighted by molar-refractivity contribution is 5.02. The minimum absolute atomic E-state index is 0.0142. The summed E-state index contributed by atoms with van der Waals surface area (Å²) in [5.74, 6) is 2.30. The molecule has 2 unspecified atom stereocenters. The summed E-state index contributed by atoms with van der Waals surface area (Å²) in [4.78, 5) is 1.89. The smallest absolute Gasteiger partial charge is 0.251 e. The lowest BCUT2D eigenvalue weighted by atomic mass is 10.3. The largest absolute Gasteiger partial charge is 0.297 e. The number of nitrogens with zero attached hydrogens (tertiary/aromatic N) is 1. The zero-order valence-corrected chi connectivity index (χ0v) is 6.63. The average molecular weight is 161 g/mol. The van der Waals surface area contributed by atoms with Gasteiger partial charge >= 0.3 is 0 Å². The van der Waals surface area contributed by atoms with Crippen molar-refractivity contribution < 1.29 is 8.78 Å². The van der Waals surface area contributed by atoms with E-state index in [1.165, 1.54) is 0 Å². The lowest BCUT2D eigenvalue weighted by Crippen LogP contribution is -2.29. The van der Waals surface area contributed by atoms with Gasteiger partial charge in [-0.05, 0) is 17.8 Å². The molecule has 2 fully saturated rings. The Bertz CT molecular complexity index is 148. The van der Waals surface area contributed by atoms with Gasteiger partial charge < -0.3 is 0 Å². The molecule has 11 heavy (non-hydrogen) atoms. The first-order chi connectivity index (χ1) is 5.18. The topological polar surface area (TPSA) is 3.24 Å². The monoisotopic (exact) mass is 161 g/mol. The second kappa shape index (κ2) is 2.41. The molecule has 1 saturated carbocycles. The first kappa shape index (κ1) is 7.47. The third kappa shape index (κ3) is 1.26. The summed E-state index contributed by atoms with van der Waals surface area (Å²) in [6.07, 6.45) is -2.15. The van der Waals surface area contributed by atoms with Crippen LogP contribution in [0.5, 0.6) is 0 Å². The molecule has 0 N–H and O–H groups in total. The minimum Gasteiger partial charge on any atom is -0.297 e. The second-order valence-corrected chi connectivity index (χ2v) is 3.80. The van der Waals surface area contributed by atoms with E-state index in [9.17, 15) is 8.78 Å². The third-order valence-corrected chi connectivity index (χ3v) is 3.09. The Kier molecular flexibility index (Phi) is 1.63. The molecule has 1 aliphatic carbocycles. The summed E-state index contributed by atoms with van der Waals surface area (Å²) in [7, 11) is 0. The van der Waals surface area contributed by atoms with Gasteiger partial charge in [-0.1, -0.05) is 6.92 Å². The lowest BCUT2D eigenvalue weighted by molar-refractivity contribution is 0.0923.